The van der Waals surface area contributed by atoms with Crippen molar-refractivity contribution in [3.05, 3.63) is 78.1 Å². The van der Waals surface area contributed by atoms with Gasteiger partial charge in [-0.05, 0) is 42.5 Å². The average molecular weight is 344 g/mol. The van der Waals surface area contributed by atoms with Gasteiger partial charge >= 0.3 is 6.18 Å². The summed E-state index contributed by atoms with van der Waals surface area (Å²) in [5.41, 5.74) is 1.10. The molecule has 0 unspecified atom stereocenters. The van der Waals surface area contributed by atoms with Crippen molar-refractivity contribution in [1.29, 1.82) is 0 Å². The molecule has 1 heterocycles. The Morgan fingerprint density at radius 1 is 1.00 bits per heavy atom. The van der Waals surface area contributed by atoms with Crippen molar-refractivity contribution in [1.82, 2.24) is 4.57 Å². The van der Waals surface area contributed by atoms with Gasteiger partial charge in [0.25, 0.3) is 0 Å². The topological polar surface area (TPSA) is 26.5 Å². The van der Waals surface area contributed by atoms with Gasteiger partial charge in [-0.2, -0.15) is 13.2 Å². The van der Waals surface area contributed by atoms with Gasteiger partial charge in [-0.25, -0.2) is 0 Å². The number of methoxy groups -OCH3 is 1. The van der Waals surface area contributed by atoms with Crippen LogP contribution in [0.3, 0.4) is 0 Å². The third-order valence-corrected chi connectivity index (χ3v) is 3.63. The van der Waals surface area contributed by atoms with Gasteiger partial charge in [0.1, 0.15) is 5.75 Å². The molecule has 0 aliphatic carbocycles. The third-order valence-electron chi connectivity index (χ3n) is 3.63. The zero-order valence-corrected chi connectivity index (χ0v) is 13.4. The molecular weight excluding hydrogens is 329 g/mol. The molecule has 0 amide bonds. The molecule has 0 atom stereocenters. The Bertz CT molecular complexity index is 897. The molecule has 0 radical (unpaired) electrons. The van der Waals surface area contributed by atoms with Crippen LogP contribution in [0.15, 0.2) is 71.9 Å². The van der Waals surface area contributed by atoms with Crippen molar-refractivity contribution in [2.45, 2.75) is 6.18 Å². The Kier molecular flexibility index (Phi) is 4.61. The summed E-state index contributed by atoms with van der Waals surface area (Å²) in [6.07, 6.45) is -1.07. The lowest BCUT2D eigenvalue weighted by Gasteiger charge is -2.11. The Morgan fingerprint density at radius 2 is 1.80 bits per heavy atom. The molecule has 3 aromatic rings. The Balaban J connectivity index is 1.92. The summed E-state index contributed by atoms with van der Waals surface area (Å²) in [7, 11) is 1.57. The maximum Gasteiger partial charge on any atom is 0.416 e. The van der Waals surface area contributed by atoms with Crippen LogP contribution in [0.2, 0.25) is 0 Å². The summed E-state index contributed by atoms with van der Waals surface area (Å²) < 4.78 is 45.5. The van der Waals surface area contributed by atoms with E-state index in [0.29, 0.717) is 22.8 Å². The highest BCUT2D eigenvalue weighted by Crippen LogP contribution is 2.30. The van der Waals surface area contributed by atoms with E-state index in [4.69, 9.17) is 4.74 Å². The molecule has 0 N–H and O–H groups in total. The first kappa shape index (κ1) is 16.8. The van der Waals surface area contributed by atoms with E-state index in [-0.39, 0.29) is 0 Å². The first-order valence-electron chi connectivity index (χ1n) is 7.50. The van der Waals surface area contributed by atoms with Gasteiger partial charge in [0.05, 0.1) is 30.3 Å². The van der Waals surface area contributed by atoms with Crippen LogP contribution in [-0.2, 0) is 6.18 Å². The molecular formula is C19H15F3N2O. The van der Waals surface area contributed by atoms with Crippen LogP contribution in [0, 0.1) is 0 Å². The minimum Gasteiger partial charge on any atom is -0.497 e. The molecule has 6 heteroatoms. The first-order valence-corrected chi connectivity index (χ1v) is 7.50. The predicted molar refractivity (Wildman–Crippen MR) is 91.0 cm³/mol. The van der Waals surface area contributed by atoms with E-state index in [0.717, 1.165) is 12.1 Å². The minimum absolute atomic E-state index is 0.423. The highest BCUT2D eigenvalue weighted by molar-refractivity contribution is 5.81. The molecule has 1 aromatic heterocycles. The molecule has 0 saturated heterocycles. The fourth-order valence-corrected chi connectivity index (χ4v) is 2.40. The van der Waals surface area contributed by atoms with E-state index < -0.39 is 11.7 Å². The van der Waals surface area contributed by atoms with Crippen molar-refractivity contribution in [3.63, 3.8) is 0 Å². The first-order chi connectivity index (χ1) is 12.0. The SMILES string of the molecule is COc1cccc(N=Cc2cccn2-c2cccc(C(F)(F)F)c2)c1. The standard InChI is InChI=1S/C19H15F3N2O/c1-25-18-9-3-6-15(12-18)23-13-17-8-4-10-24(17)16-7-2-5-14(11-16)19(20,21)22/h2-13H,1H3. The number of halogens is 3. The monoisotopic (exact) mass is 344 g/mol. The van der Waals surface area contributed by atoms with Crippen molar-refractivity contribution in [2.24, 2.45) is 4.99 Å². The molecule has 0 fully saturated rings. The van der Waals surface area contributed by atoms with E-state index in [1.165, 1.54) is 6.07 Å². The van der Waals surface area contributed by atoms with E-state index in [2.05, 4.69) is 4.99 Å². The second kappa shape index (κ2) is 6.84. The summed E-state index contributed by atoms with van der Waals surface area (Å²) in [6, 6.07) is 15.9. The molecule has 0 spiro atoms. The number of nitrogens with zero attached hydrogens (tertiary/aromatic N) is 2. The van der Waals surface area contributed by atoms with Crippen LogP contribution >= 0.6 is 0 Å². The number of benzene rings is 2. The Morgan fingerprint density at radius 3 is 2.56 bits per heavy atom. The second-order valence-electron chi connectivity index (χ2n) is 5.31. The van der Waals surface area contributed by atoms with Crippen LogP contribution in [0.1, 0.15) is 11.3 Å². The fourth-order valence-electron chi connectivity index (χ4n) is 2.40. The van der Waals surface area contributed by atoms with Crippen molar-refractivity contribution >= 4 is 11.9 Å². The summed E-state index contributed by atoms with van der Waals surface area (Å²) in [4.78, 5) is 4.37. The number of alkyl halides is 3. The summed E-state index contributed by atoms with van der Waals surface area (Å²) >= 11 is 0. The highest BCUT2D eigenvalue weighted by atomic mass is 19.4. The van der Waals surface area contributed by atoms with Gasteiger partial charge in [-0.3, -0.25) is 4.99 Å². The lowest BCUT2D eigenvalue weighted by molar-refractivity contribution is -0.137. The summed E-state index contributed by atoms with van der Waals surface area (Å²) in [6.45, 7) is 0. The molecule has 0 bridgehead atoms. The van der Waals surface area contributed by atoms with E-state index >= 15 is 0 Å². The van der Waals surface area contributed by atoms with E-state index in [1.54, 1.807) is 48.4 Å². The molecule has 3 rings (SSSR count). The second-order valence-corrected chi connectivity index (χ2v) is 5.31. The third kappa shape index (κ3) is 3.91. The van der Waals surface area contributed by atoms with Crippen LogP contribution in [0.4, 0.5) is 18.9 Å². The van der Waals surface area contributed by atoms with Gasteiger partial charge in [0, 0.05) is 18.0 Å². The van der Waals surface area contributed by atoms with E-state index in [9.17, 15) is 13.2 Å². The number of ether oxygens (including phenoxy) is 1. The summed E-state index contributed by atoms with van der Waals surface area (Å²) in [5.74, 6) is 0.683. The minimum atomic E-state index is -4.38. The summed E-state index contributed by atoms with van der Waals surface area (Å²) in [5, 5.41) is 0. The molecule has 25 heavy (non-hydrogen) atoms. The van der Waals surface area contributed by atoms with Crippen molar-refractivity contribution in [2.75, 3.05) is 7.11 Å². The van der Waals surface area contributed by atoms with Crippen LogP contribution < -0.4 is 4.74 Å². The Labute approximate surface area is 143 Å². The van der Waals surface area contributed by atoms with Gasteiger partial charge in [-0.15, -0.1) is 0 Å². The van der Waals surface area contributed by atoms with Gasteiger partial charge in [0.2, 0.25) is 0 Å². The van der Waals surface area contributed by atoms with Gasteiger partial charge in [-0.1, -0.05) is 12.1 Å². The molecule has 0 aliphatic heterocycles. The van der Waals surface area contributed by atoms with Gasteiger partial charge < -0.3 is 9.30 Å². The average Bonchev–Trinajstić information content (AvgIpc) is 3.08. The Hall–Kier alpha value is -3.02. The molecule has 0 saturated carbocycles. The maximum atomic E-state index is 12.9. The number of hydrogen-bond acceptors (Lipinski definition) is 2. The largest absolute Gasteiger partial charge is 0.497 e. The zero-order chi connectivity index (χ0) is 17.9. The zero-order valence-electron chi connectivity index (χ0n) is 13.4. The number of rotatable bonds is 4. The highest BCUT2D eigenvalue weighted by Gasteiger charge is 2.30. The normalized spacial score (nSPS) is 11.8. The smallest absolute Gasteiger partial charge is 0.416 e. The molecule has 128 valence electrons. The molecule has 0 aliphatic rings. The number of hydrogen-bond donors (Lipinski definition) is 0. The van der Waals surface area contributed by atoms with Crippen LogP contribution in [0.5, 0.6) is 5.75 Å². The lowest BCUT2D eigenvalue weighted by Crippen LogP contribution is -2.06. The number of aliphatic imine (C=N–C) groups is 1. The van der Waals surface area contributed by atoms with Crippen molar-refractivity contribution < 1.29 is 17.9 Å². The predicted octanol–water partition coefficient (Wildman–Crippen LogP) is 5.26. The fraction of sp³-hybridized carbons (Fsp3) is 0.105. The maximum absolute atomic E-state index is 12.9. The lowest BCUT2D eigenvalue weighted by atomic mass is 10.2. The molecule has 3 nitrogen and oxygen atoms in total. The van der Waals surface area contributed by atoms with Crippen molar-refractivity contribution in [3.8, 4) is 11.4 Å². The quantitative estimate of drug-likeness (QED) is 0.593. The van der Waals surface area contributed by atoms with Crippen LogP contribution in [-0.4, -0.2) is 17.9 Å². The van der Waals surface area contributed by atoms with E-state index in [1.807, 2.05) is 18.2 Å². The number of aromatic nitrogens is 1. The molecule has 2 aromatic carbocycles. The van der Waals surface area contributed by atoms with Gasteiger partial charge in [0.15, 0.2) is 0 Å². The van der Waals surface area contributed by atoms with Crippen LogP contribution in [0.25, 0.3) is 5.69 Å².